The highest BCUT2D eigenvalue weighted by atomic mass is 35.5. The second-order valence-electron chi connectivity index (χ2n) is 5.12. The van der Waals surface area contributed by atoms with Gasteiger partial charge in [0.25, 0.3) is 5.91 Å². The first kappa shape index (κ1) is 15.2. The van der Waals surface area contributed by atoms with Crippen LogP contribution in [-0.4, -0.2) is 30.5 Å². The highest BCUT2D eigenvalue weighted by molar-refractivity contribution is 6.30. The van der Waals surface area contributed by atoms with Gasteiger partial charge in [0.05, 0.1) is 5.69 Å². The Balaban J connectivity index is 1.82. The van der Waals surface area contributed by atoms with Gasteiger partial charge in [0.1, 0.15) is 0 Å². The molecule has 0 N–H and O–H groups in total. The highest BCUT2D eigenvalue weighted by Gasteiger charge is 2.24. The first-order valence-electron chi connectivity index (χ1n) is 7.40. The normalized spacial score (nSPS) is 10.8. The van der Waals surface area contributed by atoms with Crippen LogP contribution in [0.4, 0.5) is 11.6 Å². The molecule has 3 heterocycles. The molecule has 0 saturated heterocycles. The second-order valence-corrected chi connectivity index (χ2v) is 5.55. The summed E-state index contributed by atoms with van der Waals surface area (Å²) < 4.78 is 1.54. The molecule has 0 unspecified atom stereocenters. The van der Waals surface area contributed by atoms with Crippen LogP contribution in [0.15, 0.2) is 67.3 Å². The minimum atomic E-state index is -0.362. The fourth-order valence-corrected chi connectivity index (χ4v) is 2.50. The first-order valence-corrected chi connectivity index (χ1v) is 7.77. The molecule has 3 aromatic heterocycles. The minimum Gasteiger partial charge on any atom is -0.266 e. The van der Waals surface area contributed by atoms with E-state index in [-0.39, 0.29) is 17.5 Å². The van der Waals surface area contributed by atoms with Crippen LogP contribution in [0, 0.1) is 0 Å². The zero-order valence-electron chi connectivity index (χ0n) is 12.8. The van der Waals surface area contributed by atoms with E-state index < -0.39 is 0 Å². The Morgan fingerprint density at radius 2 is 1.72 bits per heavy atom. The van der Waals surface area contributed by atoms with Crippen molar-refractivity contribution in [2.45, 2.75) is 0 Å². The predicted octanol–water partition coefficient (Wildman–Crippen LogP) is 3.15. The largest absolute Gasteiger partial charge is 0.285 e. The average Bonchev–Trinajstić information content (AvgIpc) is 3.09. The van der Waals surface area contributed by atoms with Crippen molar-refractivity contribution >= 4 is 34.8 Å². The Bertz CT molecular complexity index is 999. The van der Waals surface area contributed by atoms with E-state index in [1.165, 1.54) is 4.90 Å². The van der Waals surface area contributed by atoms with Crippen LogP contribution >= 0.6 is 11.6 Å². The van der Waals surface area contributed by atoms with Crippen LogP contribution < -0.4 is 4.90 Å². The van der Waals surface area contributed by atoms with Crippen LogP contribution in [0.3, 0.4) is 0 Å². The van der Waals surface area contributed by atoms with Crippen molar-refractivity contribution in [2.75, 3.05) is 4.90 Å². The van der Waals surface area contributed by atoms with Crippen molar-refractivity contribution in [1.82, 2.24) is 24.6 Å². The Hall–Kier alpha value is -3.32. The molecule has 0 saturated carbocycles. The fourth-order valence-electron chi connectivity index (χ4n) is 2.37. The summed E-state index contributed by atoms with van der Waals surface area (Å²) in [6.07, 6.45) is 6.51. The lowest BCUT2D eigenvalue weighted by molar-refractivity contribution is 0.0993. The third-order valence-corrected chi connectivity index (χ3v) is 3.75. The maximum absolute atomic E-state index is 13.1. The lowest BCUT2D eigenvalue weighted by Crippen LogP contribution is -2.28. The van der Waals surface area contributed by atoms with E-state index in [1.54, 1.807) is 71.8 Å². The molecule has 1 aromatic carbocycles. The summed E-state index contributed by atoms with van der Waals surface area (Å²) >= 11 is 5.95. The number of rotatable bonds is 3. The molecule has 0 radical (unpaired) electrons. The topological polar surface area (TPSA) is 76.3 Å². The third-order valence-electron chi connectivity index (χ3n) is 3.50. The molecule has 4 aromatic rings. The van der Waals surface area contributed by atoms with Gasteiger partial charge in [0.15, 0.2) is 11.3 Å². The van der Waals surface area contributed by atoms with Gasteiger partial charge in [-0.2, -0.15) is 5.10 Å². The molecule has 122 valence electrons. The summed E-state index contributed by atoms with van der Waals surface area (Å²) in [7, 11) is 0. The summed E-state index contributed by atoms with van der Waals surface area (Å²) in [6.45, 7) is 0. The van der Waals surface area contributed by atoms with Gasteiger partial charge >= 0.3 is 0 Å². The van der Waals surface area contributed by atoms with Gasteiger partial charge in [-0.3, -0.25) is 4.79 Å². The molecule has 1 amide bonds. The quantitative estimate of drug-likeness (QED) is 0.567. The molecule has 25 heavy (non-hydrogen) atoms. The Kier molecular flexibility index (Phi) is 3.83. The van der Waals surface area contributed by atoms with Gasteiger partial charge in [-0.05, 0) is 36.4 Å². The molecular weight excluding hydrogens is 340 g/mol. The van der Waals surface area contributed by atoms with Crippen molar-refractivity contribution in [3.05, 3.63) is 78.0 Å². The molecule has 0 aliphatic rings. The summed E-state index contributed by atoms with van der Waals surface area (Å²) in [4.78, 5) is 27.1. The Morgan fingerprint density at radius 3 is 2.44 bits per heavy atom. The van der Waals surface area contributed by atoms with Gasteiger partial charge in [-0.15, -0.1) is 0 Å². The second kappa shape index (κ2) is 6.29. The van der Waals surface area contributed by atoms with E-state index in [1.807, 2.05) is 0 Å². The molecule has 0 aliphatic heterocycles. The van der Waals surface area contributed by atoms with E-state index >= 15 is 0 Å². The van der Waals surface area contributed by atoms with E-state index in [4.69, 9.17) is 11.6 Å². The molecule has 4 rings (SSSR count). The summed E-state index contributed by atoms with van der Waals surface area (Å²) in [5.41, 5.74) is 1.41. The van der Waals surface area contributed by atoms with Gasteiger partial charge < -0.3 is 0 Å². The Labute approximate surface area is 147 Å². The number of fused-ring (bicyclic) bond motifs is 1. The van der Waals surface area contributed by atoms with E-state index in [0.29, 0.717) is 16.4 Å². The molecule has 0 bridgehead atoms. The number of hydrogen-bond donors (Lipinski definition) is 0. The fraction of sp³-hybridized carbons (Fsp3) is 0. The van der Waals surface area contributed by atoms with Crippen LogP contribution in [0.25, 0.3) is 5.65 Å². The number of hydrogen-bond acceptors (Lipinski definition) is 5. The number of aromatic nitrogens is 5. The number of carbonyl (C=O) groups is 1. The number of carbonyl (C=O) groups excluding carboxylic acids is 1. The maximum atomic E-state index is 13.1. The van der Waals surface area contributed by atoms with E-state index in [0.717, 1.165) is 0 Å². The van der Waals surface area contributed by atoms with E-state index in [9.17, 15) is 4.79 Å². The van der Waals surface area contributed by atoms with E-state index in [2.05, 4.69) is 20.1 Å². The van der Waals surface area contributed by atoms with Crippen molar-refractivity contribution < 1.29 is 4.79 Å². The number of nitrogens with zero attached hydrogens (tertiary/aromatic N) is 6. The van der Waals surface area contributed by atoms with Crippen LogP contribution in [0.2, 0.25) is 5.02 Å². The Morgan fingerprint density at radius 1 is 1.00 bits per heavy atom. The number of benzene rings is 1. The summed E-state index contributed by atoms with van der Waals surface area (Å²) in [6, 6.07) is 11.9. The van der Waals surface area contributed by atoms with Gasteiger partial charge in [-0.1, -0.05) is 11.6 Å². The van der Waals surface area contributed by atoms with Crippen LogP contribution in [-0.2, 0) is 0 Å². The summed E-state index contributed by atoms with van der Waals surface area (Å²) in [5.74, 6) is -0.112. The SMILES string of the molecule is O=C(c1cc2ncccn2n1)N(c1ccc(Cl)cc1)c1ncccn1. The lowest BCUT2D eigenvalue weighted by Gasteiger charge is -2.19. The monoisotopic (exact) mass is 350 g/mol. The zero-order chi connectivity index (χ0) is 17.2. The molecule has 0 fully saturated rings. The molecule has 0 spiro atoms. The number of amides is 1. The van der Waals surface area contributed by atoms with Crippen LogP contribution in [0.5, 0.6) is 0 Å². The number of anilines is 2. The van der Waals surface area contributed by atoms with Crippen molar-refractivity contribution in [3.8, 4) is 0 Å². The zero-order valence-corrected chi connectivity index (χ0v) is 13.6. The lowest BCUT2D eigenvalue weighted by atomic mass is 10.2. The molecule has 7 nitrogen and oxygen atoms in total. The van der Waals surface area contributed by atoms with Crippen molar-refractivity contribution in [2.24, 2.45) is 0 Å². The maximum Gasteiger partial charge on any atom is 0.285 e. The van der Waals surface area contributed by atoms with Gasteiger partial charge in [-0.25, -0.2) is 24.4 Å². The smallest absolute Gasteiger partial charge is 0.266 e. The molecule has 0 aliphatic carbocycles. The van der Waals surface area contributed by atoms with Gasteiger partial charge in [0, 0.05) is 35.9 Å². The molecule has 8 heteroatoms. The van der Waals surface area contributed by atoms with Gasteiger partial charge in [0.2, 0.25) is 5.95 Å². The van der Waals surface area contributed by atoms with Crippen LogP contribution in [0.1, 0.15) is 10.5 Å². The molecular formula is C17H11ClN6O. The van der Waals surface area contributed by atoms with Crippen molar-refractivity contribution in [1.29, 1.82) is 0 Å². The van der Waals surface area contributed by atoms with Crippen molar-refractivity contribution in [3.63, 3.8) is 0 Å². The first-order chi connectivity index (χ1) is 12.2. The standard InChI is InChI=1S/C17H11ClN6O/c18-12-3-5-13(6-4-12)24(17-20-7-1-8-21-17)16(25)14-11-15-19-9-2-10-23(15)22-14/h1-11H. The highest BCUT2D eigenvalue weighted by Crippen LogP contribution is 2.25. The third kappa shape index (κ3) is 2.92. The average molecular weight is 351 g/mol. The minimum absolute atomic E-state index is 0.237. The molecule has 0 atom stereocenters. The number of halogens is 1. The predicted molar refractivity (Wildman–Crippen MR) is 92.9 cm³/mol. The summed E-state index contributed by atoms with van der Waals surface area (Å²) in [5, 5.41) is 4.85.